The summed E-state index contributed by atoms with van der Waals surface area (Å²) >= 11 is 0. The lowest BCUT2D eigenvalue weighted by Crippen LogP contribution is -2.37. The van der Waals surface area contributed by atoms with E-state index in [1.54, 1.807) is 19.3 Å². The zero-order chi connectivity index (χ0) is 14.8. The highest BCUT2D eigenvalue weighted by Crippen LogP contribution is 2.10. The Morgan fingerprint density at radius 3 is 2.35 bits per heavy atom. The van der Waals surface area contributed by atoms with Gasteiger partial charge in [0, 0.05) is 19.6 Å². The minimum Gasteiger partial charge on any atom is -0.497 e. The molecular formula is C16H22N2O2. The summed E-state index contributed by atoms with van der Waals surface area (Å²) in [6.07, 6.45) is 3.56. The van der Waals surface area contributed by atoms with Crippen LogP contribution in [0.15, 0.2) is 49.6 Å². The molecule has 0 atom stereocenters. The van der Waals surface area contributed by atoms with Gasteiger partial charge in [-0.3, -0.25) is 9.69 Å². The first kappa shape index (κ1) is 16.0. The molecule has 1 amide bonds. The van der Waals surface area contributed by atoms with E-state index in [0.717, 1.165) is 11.3 Å². The van der Waals surface area contributed by atoms with E-state index in [9.17, 15) is 4.79 Å². The fraction of sp³-hybridized carbons (Fsp3) is 0.312. The van der Waals surface area contributed by atoms with E-state index in [0.29, 0.717) is 26.2 Å². The second-order valence-electron chi connectivity index (χ2n) is 4.40. The first-order chi connectivity index (χ1) is 9.69. The maximum absolute atomic E-state index is 11.9. The largest absolute Gasteiger partial charge is 0.497 e. The summed E-state index contributed by atoms with van der Waals surface area (Å²) in [5.41, 5.74) is 1.04. The third-order valence-electron chi connectivity index (χ3n) is 2.79. The highest BCUT2D eigenvalue weighted by molar-refractivity contribution is 5.78. The molecule has 0 aromatic heterocycles. The third kappa shape index (κ3) is 5.71. The second kappa shape index (κ2) is 8.93. The molecule has 0 radical (unpaired) electrons. The summed E-state index contributed by atoms with van der Waals surface area (Å²) in [5.74, 6) is 0.799. The van der Waals surface area contributed by atoms with Crippen molar-refractivity contribution in [3.8, 4) is 5.75 Å². The normalized spacial score (nSPS) is 10.1. The maximum atomic E-state index is 11.9. The molecule has 1 N–H and O–H groups in total. The highest BCUT2D eigenvalue weighted by Gasteiger charge is 2.07. The van der Waals surface area contributed by atoms with Gasteiger partial charge in [0.05, 0.1) is 13.7 Å². The van der Waals surface area contributed by atoms with Crippen LogP contribution in [0.3, 0.4) is 0 Å². The number of rotatable bonds is 9. The van der Waals surface area contributed by atoms with Gasteiger partial charge in [-0.15, -0.1) is 13.2 Å². The molecule has 108 valence electrons. The Bertz CT molecular complexity index is 430. The molecule has 0 heterocycles. The number of ether oxygens (including phenoxy) is 1. The van der Waals surface area contributed by atoms with Crippen LogP contribution in [0, 0.1) is 0 Å². The van der Waals surface area contributed by atoms with E-state index >= 15 is 0 Å². The zero-order valence-electron chi connectivity index (χ0n) is 12.0. The summed E-state index contributed by atoms with van der Waals surface area (Å²) in [7, 11) is 1.63. The average Bonchev–Trinajstić information content (AvgIpc) is 2.46. The predicted octanol–water partition coefficient (Wildman–Crippen LogP) is 1.99. The summed E-state index contributed by atoms with van der Waals surface area (Å²) in [6, 6.07) is 7.63. The van der Waals surface area contributed by atoms with Gasteiger partial charge in [0.25, 0.3) is 0 Å². The van der Waals surface area contributed by atoms with Gasteiger partial charge in [-0.25, -0.2) is 0 Å². The fourth-order valence-electron chi connectivity index (χ4n) is 1.77. The topological polar surface area (TPSA) is 41.6 Å². The molecule has 4 nitrogen and oxygen atoms in total. The van der Waals surface area contributed by atoms with Crippen LogP contribution < -0.4 is 10.1 Å². The molecule has 0 saturated heterocycles. The quantitative estimate of drug-likeness (QED) is 0.700. The summed E-state index contributed by atoms with van der Waals surface area (Å²) in [6.45, 7) is 9.55. The van der Waals surface area contributed by atoms with E-state index in [-0.39, 0.29) is 5.91 Å². The van der Waals surface area contributed by atoms with Crippen LogP contribution in [-0.4, -0.2) is 37.6 Å². The molecule has 0 spiro atoms. The first-order valence-corrected chi connectivity index (χ1v) is 6.53. The molecule has 1 aromatic rings. The summed E-state index contributed by atoms with van der Waals surface area (Å²) < 4.78 is 5.09. The molecule has 0 bridgehead atoms. The number of carbonyl (C=O) groups excluding carboxylic acids is 1. The van der Waals surface area contributed by atoms with Crippen molar-refractivity contribution in [1.82, 2.24) is 10.2 Å². The molecule has 0 aliphatic carbocycles. The van der Waals surface area contributed by atoms with Crippen molar-refractivity contribution in [2.45, 2.75) is 6.54 Å². The number of methoxy groups -OCH3 is 1. The minimum absolute atomic E-state index is 0.00971. The van der Waals surface area contributed by atoms with Crippen LogP contribution in [0.5, 0.6) is 5.75 Å². The molecule has 0 fully saturated rings. The average molecular weight is 274 g/mol. The van der Waals surface area contributed by atoms with Gasteiger partial charge in [0.2, 0.25) is 5.91 Å². The van der Waals surface area contributed by atoms with Crippen LogP contribution in [0.25, 0.3) is 0 Å². The van der Waals surface area contributed by atoms with E-state index in [1.165, 1.54) is 0 Å². The molecule has 20 heavy (non-hydrogen) atoms. The van der Waals surface area contributed by atoms with Crippen molar-refractivity contribution in [3.63, 3.8) is 0 Å². The fourth-order valence-corrected chi connectivity index (χ4v) is 1.77. The Labute approximate surface area is 120 Å². The first-order valence-electron chi connectivity index (χ1n) is 6.53. The van der Waals surface area contributed by atoms with Crippen LogP contribution in [-0.2, 0) is 11.3 Å². The number of hydrogen-bond acceptors (Lipinski definition) is 3. The number of amides is 1. The molecule has 0 aliphatic heterocycles. The Hall–Kier alpha value is -2.07. The number of nitrogens with one attached hydrogen (secondary N) is 1. The van der Waals surface area contributed by atoms with Crippen molar-refractivity contribution >= 4 is 5.91 Å². The van der Waals surface area contributed by atoms with Crippen molar-refractivity contribution in [3.05, 3.63) is 55.1 Å². The van der Waals surface area contributed by atoms with Crippen molar-refractivity contribution in [2.24, 2.45) is 0 Å². The zero-order valence-corrected chi connectivity index (χ0v) is 12.0. The van der Waals surface area contributed by atoms with Crippen LogP contribution >= 0.6 is 0 Å². The second-order valence-corrected chi connectivity index (χ2v) is 4.40. The van der Waals surface area contributed by atoms with Gasteiger partial charge in [0.15, 0.2) is 0 Å². The van der Waals surface area contributed by atoms with E-state index < -0.39 is 0 Å². The molecule has 0 aliphatic rings. The SMILES string of the molecule is C=CCN(CC=C)CC(=O)NCc1ccc(OC)cc1. The van der Waals surface area contributed by atoms with E-state index in [2.05, 4.69) is 18.5 Å². The van der Waals surface area contributed by atoms with Gasteiger partial charge in [-0.2, -0.15) is 0 Å². The van der Waals surface area contributed by atoms with Crippen molar-refractivity contribution in [1.29, 1.82) is 0 Å². The lowest BCUT2D eigenvalue weighted by molar-refractivity contribution is -0.122. The number of benzene rings is 1. The van der Waals surface area contributed by atoms with Crippen LogP contribution in [0.1, 0.15) is 5.56 Å². The van der Waals surface area contributed by atoms with Crippen molar-refractivity contribution in [2.75, 3.05) is 26.7 Å². The van der Waals surface area contributed by atoms with Crippen molar-refractivity contribution < 1.29 is 9.53 Å². The van der Waals surface area contributed by atoms with Gasteiger partial charge in [-0.1, -0.05) is 24.3 Å². The molecule has 1 rings (SSSR count). The lowest BCUT2D eigenvalue weighted by Gasteiger charge is -2.18. The molecular weight excluding hydrogens is 252 g/mol. The molecule has 0 unspecified atom stereocenters. The summed E-state index contributed by atoms with van der Waals surface area (Å²) in [5, 5.41) is 2.89. The highest BCUT2D eigenvalue weighted by atomic mass is 16.5. The monoisotopic (exact) mass is 274 g/mol. The standard InChI is InChI=1S/C16H22N2O2/c1-4-10-18(11-5-2)13-16(19)17-12-14-6-8-15(20-3)9-7-14/h4-9H,1-2,10-13H2,3H3,(H,17,19). The molecule has 0 saturated carbocycles. The molecule has 1 aromatic carbocycles. The predicted molar refractivity (Wildman–Crippen MR) is 81.7 cm³/mol. The minimum atomic E-state index is -0.00971. The van der Waals surface area contributed by atoms with Crippen LogP contribution in [0.4, 0.5) is 0 Å². The van der Waals surface area contributed by atoms with Gasteiger partial charge in [0.1, 0.15) is 5.75 Å². The Morgan fingerprint density at radius 1 is 1.25 bits per heavy atom. The van der Waals surface area contributed by atoms with Gasteiger partial charge < -0.3 is 10.1 Å². The summed E-state index contributed by atoms with van der Waals surface area (Å²) in [4.78, 5) is 13.8. The number of hydrogen-bond donors (Lipinski definition) is 1. The Kier molecular flexibility index (Phi) is 7.14. The Balaban J connectivity index is 2.40. The number of carbonyl (C=O) groups is 1. The lowest BCUT2D eigenvalue weighted by atomic mass is 10.2. The van der Waals surface area contributed by atoms with E-state index in [4.69, 9.17) is 4.74 Å². The third-order valence-corrected chi connectivity index (χ3v) is 2.79. The maximum Gasteiger partial charge on any atom is 0.234 e. The Morgan fingerprint density at radius 2 is 1.85 bits per heavy atom. The van der Waals surface area contributed by atoms with Crippen LogP contribution in [0.2, 0.25) is 0 Å². The molecule has 4 heteroatoms. The number of nitrogens with zero attached hydrogens (tertiary/aromatic N) is 1. The van der Waals surface area contributed by atoms with Gasteiger partial charge in [-0.05, 0) is 17.7 Å². The smallest absolute Gasteiger partial charge is 0.234 e. The van der Waals surface area contributed by atoms with Gasteiger partial charge >= 0.3 is 0 Å². The van der Waals surface area contributed by atoms with E-state index in [1.807, 2.05) is 29.2 Å².